The lowest BCUT2D eigenvalue weighted by Crippen LogP contribution is -1.99. The number of benzene rings is 3. The zero-order valence-corrected chi connectivity index (χ0v) is 17.9. The summed E-state index contributed by atoms with van der Waals surface area (Å²) in [5.74, 6) is 0.0538. The lowest BCUT2D eigenvalue weighted by atomic mass is 10.1. The summed E-state index contributed by atoms with van der Waals surface area (Å²) in [7, 11) is 0. The topological polar surface area (TPSA) is 35.5 Å². The number of hydrogen-bond donors (Lipinski definition) is 0. The number of fused-ring (bicyclic) bond motifs is 1. The summed E-state index contributed by atoms with van der Waals surface area (Å²) < 4.78 is 25.7. The van der Waals surface area contributed by atoms with E-state index in [9.17, 15) is 9.18 Å². The molecule has 0 bridgehead atoms. The van der Waals surface area contributed by atoms with Crippen molar-refractivity contribution in [1.82, 2.24) is 0 Å². The molecule has 0 saturated carbocycles. The van der Waals surface area contributed by atoms with Crippen LogP contribution in [0.1, 0.15) is 27.0 Å². The molecule has 0 unspecified atom stereocenters. The summed E-state index contributed by atoms with van der Waals surface area (Å²) in [6, 6.07) is 12.9. The summed E-state index contributed by atoms with van der Waals surface area (Å²) in [5, 5.41) is 1.10. The van der Waals surface area contributed by atoms with Crippen LogP contribution in [0.4, 0.5) is 4.39 Å². The molecule has 0 N–H and O–H groups in total. The van der Waals surface area contributed by atoms with Gasteiger partial charge >= 0.3 is 0 Å². The van der Waals surface area contributed by atoms with E-state index in [1.807, 2.05) is 6.07 Å². The third-order valence-electron chi connectivity index (χ3n) is 4.69. The molecule has 3 aromatic carbocycles. The molecule has 1 aliphatic rings. The van der Waals surface area contributed by atoms with Crippen LogP contribution in [0.2, 0.25) is 15.1 Å². The first-order valence-corrected chi connectivity index (χ1v) is 10.1. The van der Waals surface area contributed by atoms with E-state index in [-0.39, 0.29) is 28.7 Å². The number of ketones is 1. The van der Waals surface area contributed by atoms with Crippen LogP contribution in [0.15, 0.2) is 54.3 Å². The Labute approximate surface area is 187 Å². The monoisotopic (exact) mass is 462 g/mol. The van der Waals surface area contributed by atoms with Crippen molar-refractivity contribution in [2.45, 2.75) is 13.5 Å². The number of hydrogen-bond acceptors (Lipinski definition) is 3. The summed E-state index contributed by atoms with van der Waals surface area (Å²) in [6.07, 6.45) is 1.32. The summed E-state index contributed by atoms with van der Waals surface area (Å²) in [5.41, 5.74) is 1.98. The second kappa shape index (κ2) is 8.31. The first kappa shape index (κ1) is 20.7. The van der Waals surface area contributed by atoms with E-state index in [0.717, 1.165) is 5.56 Å². The summed E-state index contributed by atoms with van der Waals surface area (Å²) in [6.45, 7) is 2.05. The van der Waals surface area contributed by atoms with Gasteiger partial charge in [-0.15, -0.1) is 0 Å². The van der Waals surface area contributed by atoms with E-state index in [1.165, 1.54) is 18.2 Å². The van der Waals surface area contributed by atoms with E-state index >= 15 is 0 Å². The molecule has 0 radical (unpaired) electrons. The lowest BCUT2D eigenvalue weighted by molar-refractivity contribution is 0.101. The van der Waals surface area contributed by atoms with E-state index in [2.05, 4.69) is 0 Å². The number of halogens is 4. The molecular formula is C23H14Cl3FO3. The van der Waals surface area contributed by atoms with Gasteiger partial charge in [-0.05, 0) is 55.0 Å². The van der Waals surface area contributed by atoms with Gasteiger partial charge in [0.25, 0.3) is 0 Å². The number of allylic oxidation sites excluding steroid dienone is 1. The standard InChI is InChI=1S/C23H14Cl3FO3/c1-12-20(29-11-13-5-7-17(25)18(26)9-13)8-6-14-22(28)21(30-23(12)14)10-15-16(24)3-2-4-19(15)27/h2-10H,11H2,1H3/b21-10-. The molecule has 3 nitrogen and oxygen atoms in total. The SMILES string of the molecule is Cc1c(OCc2ccc(Cl)c(Cl)c2)ccc2c1O/C(=C\c1c(F)cccc1Cl)C2=O. The Morgan fingerprint density at radius 1 is 1.03 bits per heavy atom. The van der Waals surface area contributed by atoms with Gasteiger partial charge < -0.3 is 9.47 Å². The average Bonchev–Trinajstić information content (AvgIpc) is 3.03. The Bertz CT molecular complexity index is 1180. The quantitative estimate of drug-likeness (QED) is 0.381. The van der Waals surface area contributed by atoms with Gasteiger partial charge in [0.2, 0.25) is 5.78 Å². The Kier molecular flexibility index (Phi) is 5.74. The maximum absolute atomic E-state index is 14.1. The molecule has 1 aliphatic heterocycles. The van der Waals surface area contributed by atoms with Crippen LogP contribution in [0.25, 0.3) is 6.08 Å². The Balaban J connectivity index is 1.60. The first-order chi connectivity index (χ1) is 14.3. The third kappa shape index (κ3) is 3.91. The van der Waals surface area contributed by atoms with Crippen LogP contribution in [0, 0.1) is 12.7 Å². The fraction of sp³-hybridized carbons (Fsp3) is 0.0870. The van der Waals surface area contributed by atoms with Crippen molar-refractivity contribution in [2.24, 2.45) is 0 Å². The predicted octanol–water partition coefficient (Wildman–Crippen LogP) is 7.29. The van der Waals surface area contributed by atoms with Gasteiger partial charge in [0.1, 0.15) is 23.9 Å². The van der Waals surface area contributed by atoms with Gasteiger partial charge in [-0.2, -0.15) is 0 Å². The Hall–Kier alpha value is -2.53. The van der Waals surface area contributed by atoms with Gasteiger partial charge in [0, 0.05) is 11.1 Å². The van der Waals surface area contributed by atoms with Crippen LogP contribution in [-0.4, -0.2) is 5.78 Å². The van der Waals surface area contributed by atoms with Crippen molar-refractivity contribution in [2.75, 3.05) is 0 Å². The molecule has 1 heterocycles. The minimum atomic E-state index is -0.537. The molecule has 0 atom stereocenters. The van der Waals surface area contributed by atoms with Crippen LogP contribution in [0.5, 0.6) is 11.5 Å². The molecule has 0 aromatic heterocycles. The Morgan fingerprint density at radius 3 is 2.57 bits per heavy atom. The fourth-order valence-corrected chi connectivity index (χ4v) is 3.63. The van der Waals surface area contributed by atoms with Gasteiger partial charge in [0.05, 0.1) is 20.6 Å². The molecule has 4 rings (SSSR count). The summed E-state index contributed by atoms with van der Waals surface area (Å²) >= 11 is 18.0. The van der Waals surface area contributed by atoms with Crippen molar-refractivity contribution in [3.63, 3.8) is 0 Å². The van der Waals surface area contributed by atoms with Crippen LogP contribution in [0.3, 0.4) is 0 Å². The number of carbonyl (C=O) groups is 1. The van der Waals surface area contributed by atoms with Crippen molar-refractivity contribution in [3.8, 4) is 11.5 Å². The highest BCUT2D eigenvalue weighted by molar-refractivity contribution is 6.42. The molecule has 0 amide bonds. The Morgan fingerprint density at radius 2 is 1.83 bits per heavy atom. The van der Waals surface area contributed by atoms with Crippen LogP contribution in [-0.2, 0) is 6.61 Å². The zero-order valence-electron chi connectivity index (χ0n) is 15.6. The first-order valence-electron chi connectivity index (χ1n) is 8.93. The normalized spacial score (nSPS) is 14.0. The molecule has 30 heavy (non-hydrogen) atoms. The van der Waals surface area contributed by atoms with Crippen LogP contribution >= 0.6 is 34.8 Å². The maximum Gasteiger partial charge on any atom is 0.231 e. The molecule has 0 aliphatic carbocycles. The summed E-state index contributed by atoms with van der Waals surface area (Å²) in [4.78, 5) is 12.7. The average molecular weight is 464 g/mol. The van der Waals surface area contributed by atoms with Crippen molar-refractivity contribution in [1.29, 1.82) is 0 Å². The minimum absolute atomic E-state index is 0.00160. The van der Waals surface area contributed by atoms with E-state index in [0.29, 0.717) is 32.7 Å². The largest absolute Gasteiger partial charge is 0.488 e. The highest BCUT2D eigenvalue weighted by atomic mass is 35.5. The molecule has 0 spiro atoms. The second-order valence-corrected chi connectivity index (χ2v) is 7.90. The number of rotatable bonds is 4. The van der Waals surface area contributed by atoms with E-state index in [4.69, 9.17) is 44.3 Å². The van der Waals surface area contributed by atoms with Gasteiger partial charge in [0.15, 0.2) is 5.76 Å². The predicted molar refractivity (Wildman–Crippen MR) is 116 cm³/mol. The highest BCUT2D eigenvalue weighted by Crippen LogP contribution is 2.40. The van der Waals surface area contributed by atoms with Crippen molar-refractivity contribution >= 4 is 46.7 Å². The van der Waals surface area contributed by atoms with E-state index in [1.54, 1.807) is 37.3 Å². The molecule has 3 aromatic rings. The fourth-order valence-electron chi connectivity index (χ4n) is 3.09. The minimum Gasteiger partial charge on any atom is -0.488 e. The highest BCUT2D eigenvalue weighted by Gasteiger charge is 2.30. The van der Waals surface area contributed by atoms with Gasteiger partial charge in [-0.3, -0.25) is 4.79 Å². The van der Waals surface area contributed by atoms with Crippen molar-refractivity contribution in [3.05, 3.63) is 97.4 Å². The number of Topliss-reactive ketones (excluding diaryl/α,β-unsaturated/α-hetero) is 1. The smallest absolute Gasteiger partial charge is 0.231 e. The second-order valence-electron chi connectivity index (χ2n) is 6.68. The maximum atomic E-state index is 14.1. The zero-order chi connectivity index (χ0) is 21.4. The molecule has 0 fully saturated rings. The third-order valence-corrected chi connectivity index (χ3v) is 5.76. The molecule has 0 saturated heterocycles. The number of carbonyl (C=O) groups excluding carboxylic acids is 1. The molecule has 7 heteroatoms. The molecular weight excluding hydrogens is 450 g/mol. The van der Waals surface area contributed by atoms with E-state index < -0.39 is 5.82 Å². The van der Waals surface area contributed by atoms with Gasteiger partial charge in [-0.25, -0.2) is 4.39 Å². The lowest BCUT2D eigenvalue weighted by Gasteiger charge is -2.12. The number of ether oxygens (including phenoxy) is 2. The van der Waals surface area contributed by atoms with Crippen LogP contribution < -0.4 is 9.47 Å². The van der Waals surface area contributed by atoms with Crippen molar-refractivity contribution < 1.29 is 18.7 Å². The van der Waals surface area contributed by atoms with Gasteiger partial charge in [-0.1, -0.05) is 46.9 Å². The molecule has 152 valence electrons.